The van der Waals surface area contributed by atoms with Crippen molar-refractivity contribution in [3.05, 3.63) is 23.1 Å². The van der Waals surface area contributed by atoms with Crippen molar-refractivity contribution in [3.63, 3.8) is 0 Å². The monoisotopic (exact) mass is 268 g/mol. The van der Waals surface area contributed by atoms with Crippen LogP contribution in [0.15, 0.2) is 11.1 Å². The maximum atomic E-state index is 13.2. The summed E-state index contributed by atoms with van der Waals surface area (Å²) in [6.45, 7) is 1.13. The van der Waals surface area contributed by atoms with Gasteiger partial charge in [0.05, 0.1) is 0 Å². The summed E-state index contributed by atoms with van der Waals surface area (Å²) in [6.07, 6.45) is 0.526. The van der Waals surface area contributed by atoms with Gasteiger partial charge in [-0.2, -0.15) is 8.42 Å². The molecule has 1 aromatic heterocycles. The standard InChI is InChI=1S/C8H9FN2O3S.ClH/c9-6-3-5-4-10-2-1-7(5)11-8(6)15(12,13)14;/h3,10H,1-2,4H2,(H,12,13,14);1H. The number of hydrogen-bond donors (Lipinski definition) is 2. The molecule has 0 atom stereocenters. The highest BCUT2D eigenvalue weighted by molar-refractivity contribution is 7.85. The van der Waals surface area contributed by atoms with E-state index in [9.17, 15) is 12.8 Å². The van der Waals surface area contributed by atoms with Gasteiger partial charge >= 0.3 is 10.1 Å². The first kappa shape index (κ1) is 13.3. The van der Waals surface area contributed by atoms with E-state index in [-0.39, 0.29) is 12.4 Å². The Morgan fingerprint density at radius 1 is 1.50 bits per heavy atom. The van der Waals surface area contributed by atoms with Crippen LogP contribution in [-0.2, 0) is 23.1 Å². The van der Waals surface area contributed by atoms with Gasteiger partial charge in [-0.1, -0.05) is 0 Å². The van der Waals surface area contributed by atoms with Crippen molar-refractivity contribution < 1.29 is 17.4 Å². The molecule has 90 valence electrons. The van der Waals surface area contributed by atoms with Gasteiger partial charge in [0.25, 0.3) is 0 Å². The van der Waals surface area contributed by atoms with Crippen LogP contribution in [0.1, 0.15) is 11.3 Å². The second kappa shape index (κ2) is 4.62. The van der Waals surface area contributed by atoms with Gasteiger partial charge in [0.1, 0.15) is 0 Å². The molecule has 2 heterocycles. The Morgan fingerprint density at radius 2 is 2.19 bits per heavy atom. The molecule has 0 spiro atoms. The predicted molar refractivity (Wildman–Crippen MR) is 56.7 cm³/mol. The fraction of sp³-hybridized carbons (Fsp3) is 0.375. The molecule has 5 nitrogen and oxygen atoms in total. The lowest BCUT2D eigenvalue weighted by atomic mass is 10.1. The lowest BCUT2D eigenvalue weighted by molar-refractivity contribution is 0.462. The van der Waals surface area contributed by atoms with Crippen LogP contribution >= 0.6 is 12.4 Å². The Hall–Kier alpha value is -0.760. The predicted octanol–water partition coefficient (Wildman–Crippen LogP) is 0.535. The molecule has 0 saturated heterocycles. The van der Waals surface area contributed by atoms with Gasteiger partial charge in [0.2, 0.25) is 5.03 Å². The molecule has 8 heteroatoms. The highest BCUT2D eigenvalue weighted by Crippen LogP contribution is 2.18. The Bertz CT molecular complexity index is 506. The zero-order valence-corrected chi connectivity index (χ0v) is 9.74. The minimum absolute atomic E-state index is 0. The van der Waals surface area contributed by atoms with Gasteiger partial charge in [-0.25, -0.2) is 9.37 Å². The molecule has 0 radical (unpaired) electrons. The smallest absolute Gasteiger partial charge is 0.312 e. The van der Waals surface area contributed by atoms with Crippen LogP contribution in [0.25, 0.3) is 0 Å². The zero-order valence-electron chi connectivity index (χ0n) is 8.10. The van der Waals surface area contributed by atoms with E-state index in [0.717, 1.165) is 6.07 Å². The maximum Gasteiger partial charge on any atom is 0.315 e. The van der Waals surface area contributed by atoms with E-state index < -0.39 is 21.0 Å². The van der Waals surface area contributed by atoms with Crippen LogP contribution < -0.4 is 5.32 Å². The molecule has 0 saturated carbocycles. The largest absolute Gasteiger partial charge is 0.315 e. The Labute approximate surface area is 98.2 Å². The number of hydrogen-bond acceptors (Lipinski definition) is 4. The number of aromatic nitrogens is 1. The number of halogens is 2. The van der Waals surface area contributed by atoms with E-state index in [1.807, 2.05) is 0 Å². The van der Waals surface area contributed by atoms with Crippen molar-refractivity contribution >= 4 is 22.5 Å². The highest BCUT2D eigenvalue weighted by atomic mass is 35.5. The molecule has 2 rings (SSSR count). The van der Waals surface area contributed by atoms with Gasteiger partial charge in [0.15, 0.2) is 5.82 Å². The summed E-state index contributed by atoms with van der Waals surface area (Å²) in [7, 11) is -4.57. The molecule has 1 aliphatic heterocycles. The SMILES string of the molecule is Cl.O=S(=O)(O)c1nc2c(cc1F)CNCC2. The fourth-order valence-corrected chi connectivity index (χ4v) is 2.06. The van der Waals surface area contributed by atoms with Crippen LogP contribution in [-0.4, -0.2) is 24.5 Å². The lowest BCUT2D eigenvalue weighted by Crippen LogP contribution is -2.25. The van der Waals surface area contributed by atoms with Gasteiger partial charge in [0, 0.05) is 25.2 Å². The van der Waals surface area contributed by atoms with E-state index in [2.05, 4.69) is 10.3 Å². The second-order valence-electron chi connectivity index (χ2n) is 3.28. The average Bonchev–Trinajstić information content (AvgIpc) is 2.15. The van der Waals surface area contributed by atoms with Crippen LogP contribution in [0, 0.1) is 5.82 Å². The van der Waals surface area contributed by atoms with Gasteiger partial charge in [-0.3, -0.25) is 4.55 Å². The van der Waals surface area contributed by atoms with Crippen molar-refractivity contribution in [1.29, 1.82) is 0 Å². The van der Waals surface area contributed by atoms with Crippen LogP contribution in [0.4, 0.5) is 4.39 Å². The van der Waals surface area contributed by atoms with E-state index in [0.29, 0.717) is 30.8 Å². The van der Waals surface area contributed by atoms with Crippen LogP contribution in [0.5, 0.6) is 0 Å². The first-order chi connectivity index (χ1) is 6.98. The molecular formula is C8H10ClFN2O3S. The molecule has 1 aromatic rings. The summed E-state index contributed by atoms with van der Waals surface area (Å²) >= 11 is 0. The molecule has 0 fully saturated rings. The third-order valence-electron chi connectivity index (χ3n) is 2.21. The lowest BCUT2D eigenvalue weighted by Gasteiger charge is -2.16. The summed E-state index contributed by atoms with van der Waals surface area (Å²) in [5.41, 5.74) is 1.15. The van der Waals surface area contributed by atoms with Crippen LogP contribution in [0.3, 0.4) is 0 Å². The molecule has 0 amide bonds. The zero-order chi connectivity index (χ0) is 11.1. The number of nitrogens with zero attached hydrogens (tertiary/aromatic N) is 1. The summed E-state index contributed by atoms with van der Waals surface area (Å²) in [4.78, 5) is 3.63. The minimum atomic E-state index is -4.57. The Kier molecular flexibility index (Phi) is 3.84. The molecule has 0 unspecified atom stereocenters. The fourth-order valence-electron chi connectivity index (χ4n) is 1.53. The average molecular weight is 269 g/mol. The number of pyridine rings is 1. The topological polar surface area (TPSA) is 79.3 Å². The maximum absolute atomic E-state index is 13.2. The number of fused-ring (bicyclic) bond motifs is 1. The summed E-state index contributed by atoms with van der Waals surface area (Å²) in [5.74, 6) is -1.01. The molecule has 0 bridgehead atoms. The minimum Gasteiger partial charge on any atom is -0.312 e. The summed E-state index contributed by atoms with van der Waals surface area (Å²) < 4.78 is 43.5. The number of rotatable bonds is 1. The molecule has 16 heavy (non-hydrogen) atoms. The van der Waals surface area contributed by atoms with Gasteiger partial charge in [-0.15, -0.1) is 12.4 Å². The van der Waals surface area contributed by atoms with Gasteiger partial charge < -0.3 is 5.32 Å². The van der Waals surface area contributed by atoms with E-state index >= 15 is 0 Å². The third kappa shape index (κ3) is 2.49. The normalized spacial score (nSPS) is 15.1. The summed E-state index contributed by atoms with van der Waals surface area (Å²) in [6, 6.07) is 1.09. The first-order valence-corrected chi connectivity index (χ1v) is 5.79. The number of nitrogens with one attached hydrogen (secondary N) is 1. The van der Waals surface area contributed by atoms with Crippen molar-refractivity contribution in [2.45, 2.75) is 18.0 Å². The van der Waals surface area contributed by atoms with Crippen LogP contribution in [0.2, 0.25) is 0 Å². The molecule has 2 N–H and O–H groups in total. The molecule has 1 aliphatic rings. The summed E-state index contributed by atoms with van der Waals surface area (Å²) in [5, 5.41) is 2.12. The van der Waals surface area contributed by atoms with Crippen molar-refractivity contribution in [3.8, 4) is 0 Å². The Balaban J connectivity index is 0.00000128. The molecule has 0 aromatic carbocycles. The van der Waals surface area contributed by atoms with E-state index in [1.165, 1.54) is 0 Å². The third-order valence-corrected chi connectivity index (χ3v) is 2.99. The molecular weight excluding hydrogens is 259 g/mol. The quantitative estimate of drug-likeness (QED) is 0.727. The van der Waals surface area contributed by atoms with Gasteiger partial charge in [-0.05, 0) is 11.6 Å². The highest BCUT2D eigenvalue weighted by Gasteiger charge is 2.22. The van der Waals surface area contributed by atoms with E-state index in [4.69, 9.17) is 4.55 Å². The molecule has 0 aliphatic carbocycles. The van der Waals surface area contributed by atoms with Crippen molar-refractivity contribution in [2.24, 2.45) is 0 Å². The second-order valence-corrected chi connectivity index (χ2v) is 4.62. The first-order valence-electron chi connectivity index (χ1n) is 4.35. The Morgan fingerprint density at radius 3 is 2.81 bits per heavy atom. The van der Waals surface area contributed by atoms with Crippen molar-refractivity contribution in [1.82, 2.24) is 10.3 Å². The van der Waals surface area contributed by atoms with Crippen molar-refractivity contribution in [2.75, 3.05) is 6.54 Å². The van der Waals surface area contributed by atoms with E-state index in [1.54, 1.807) is 0 Å².